The molecule has 9 rings (SSSR count). The summed E-state index contributed by atoms with van der Waals surface area (Å²) >= 11 is 0. The highest BCUT2D eigenvalue weighted by molar-refractivity contribution is 5.94. The quantitative estimate of drug-likeness (QED) is 0.208. The summed E-state index contributed by atoms with van der Waals surface area (Å²) < 4.78 is 4.87. The minimum atomic E-state index is 1.05. The molecule has 0 N–H and O–H groups in total. The zero-order valence-electron chi connectivity index (χ0n) is 24.4. The van der Waals surface area contributed by atoms with E-state index < -0.39 is 0 Å². The Morgan fingerprint density at radius 1 is 0.523 bits per heavy atom. The first-order valence-electron chi connectivity index (χ1n) is 15.6. The van der Waals surface area contributed by atoms with Gasteiger partial charge in [-0.3, -0.25) is 4.98 Å². The Bertz CT molecular complexity index is 2290. The van der Waals surface area contributed by atoms with Crippen LogP contribution in [0.5, 0.6) is 0 Å². The topological polar surface area (TPSA) is 22.8 Å². The number of fused-ring (bicyclic) bond motifs is 6. The lowest BCUT2D eigenvalue weighted by molar-refractivity contribution is 0.889. The zero-order valence-corrected chi connectivity index (χ0v) is 24.4. The molecule has 0 unspecified atom stereocenters. The number of benzene rings is 4. The van der Waals surface area contributed by atoms with Gasteiger partial charge in [-0.25, -0.2) is 0 Å². The van der Waals surface area contributed by atoms with Crippen LogP contribution in [0, 0.1) is 0 Å². The molecule has 0 saturated carbocycles. The van der Waals surface area contributed by atoms with Gasteiger partial charge in [0.1, 0.15) is 0 Å². The van der Waals surface area contributed by atoms with Crippen LogP contribution in [0.1, 0.15) is 35.4 Å². The molecule has 4 aromatic carbocycles. The van der Waals surface area contributed by atoms with Crippen molar-refractivity contribution in [3.63, 3.8) is 0 Å². The van der Waals surface area contributed by atoms with Gasteiger partial charge < -0.3 is 9.13 Å². The van der Waals surface area contributed by atoms with Crippen LogP contribution in [-0.2, 0) is 12.8 Å². The molecule has 0 aliphatic heterocycles. The van der Waals surface area contributed by atoms with Crippen molar-refractivity contribution in [2.45, 2.75) is 25.7 Å². The Labute approximate surface area is 257 Å². The van der Waals surface area contributed by atoms with E-state index in [-0.39, 0.29) is 0 Å². The molecule has 0 saturated heterocycles. The summed E-state index contributed by atoms with van der Waals surface area (Å²) in [6.07, 6.45) is 17.5. The molecule has 0 spiro atoms. The number of hydrogen-bond donors (Lipinski definition) is 0. The highest BCUT2D eigenvalue weighted by Crippen LogP contribution is 2.37. The first kappa shape index (κ1) is 25.1. The Hall–Kier alpha value is -5.41. The largest absolute Gasteiger partial charge is 0.313 e. The van der Waals surface area contributed by atoms with Gasteiger partial charge >= 0.3 is 0 Å². The van der Waals surface area contributed by atoms with Gasteiger partial charge in [0.25, 0.3) is 0 Å². The van der Waals surface area contributed by atoms with E-state index in [0.29, 0.717) is 0 Å². The first-order valence-corrected chi connectivity index (χ1v) is 15.6. The molecule has 3 aromatic heterocycles. The maximum atomic E-state index is 4.73. The lowest BCUT2D eigenvalue weighted by atomic mass is 10.0. The van der Waals surface area contributed by atoms with Gasteiger partial charge in [0.05, 0.1) is 11.0 Å². The van der Waals surface area contributed by atoms with Crippen LogP contribution in [0.2, 0.25) is 0 Å². The number of pyridine rings is 1. The third-order valence-corrected chi connectivity index (χ3v) is 9.32. The van der Waals surface area contributed by atoms with Crippen molar-refractivity contribution < 1.29 is 0 Å². The summed E-state index contributed by atoms with van der Waals surface area (Å²) in [7, 11) is 0. The molecule has 0 atom stereocenters. The fourth-order valence-corrected chi connectivity index (χ4v) is 7.34. The highest BCUT2D eigenvalue weighted by atomic mass is 15.0. The molecule has 7 aromatic rings. The standard InChI is InChI=1S/C41H31N3/c1-5-19-38-34(15-1)35-16-2-6-20-39(35)43(38)32-13-9-11-28(24-32)30-23-31(27-42-26-30)29-12-10-14-33(25-29)44-40-21-7-3-17-36(40)37-18-4-8-22-41(37)44/h1-3,5,7-17,19,21-27H,4,6,18,20H2. The minimum Gasteiger partial charge on any atom is -0.313 e. The van der Waals surface area contributed by atoms with Crippen LogP contribution >= 0.6 is 0 Å². The Morgan fingerprint density at radius 3 is 1.93 bits per heavy atom. The van der Waals surface area contributed by atoms with Crippen molar-refractivity contribution in [1.82, 2.24) is 14.1 Å². The van der Waals surface area contributed by atoms with Gasteiger partial charge in [0, 0.05) is 62.6 Å². The third kappa shape index (κ3) is 3.93. The molecule has 0 bridgehead atoms. The number of hydrogen-bond acceptors (Lipinski definition) is 1. The van der Waals surface area contributed by atoms with Gasteiger partial charge in [-0.15, -0.1) is 0 Å². The molecule has 0 fully saturated rings. The van der Waals surface area contributed by atoms with Crippen LogP contribution in [0.15, 0.2) is 128 Å². The number of nitrogens with zero attached hydrogens (tertiary/aromatic N) is 3. The average molecular weight is 566 g/mol. The second kappa shape index (κ2) is 10.1. The predicted octanol–water partition coefficient (Wildman–Crippen LogP) is 10.2. The lowest BCUT2D eigenvalue weighted by Crippen LogP contribution is -2.03. The molecule has 2 aliphatic carbocycles. The van der Waals surface area contributed by atoms with E-state index in [4.69, 9.17) is 4.98 Å². The van der Waals surface area contributed by atoms with E-state index in [1.807, 2.05) is 12.4 Å². The second-order valence-electron chi connectivity index (χ2n) is 11.9. The smallest absolute Gasteiger partial charge is 0.0537 e. The van der Waals surface area contributed by atoms with Crippen molar-refractivity contribution >= 4 is 34.0 Å². The maximum absolute atomic E-state index is 4.73. The average Bonchev–Trinajstić information content (AvgIpc) is 3.62. The fraction of sp³-hybridized carbons (Fsp3) is 0.0976. The Kier molecular flexibility index (Phi) is 5.77. The molecule has 2 aliphatic rings. The van der Waals surface area contributed by atoms with E-state index in [1.165, 1.54) is 61.3 Å². The Balaban J connectivity index is 1.13. The molecule has 3 heteroatoms. The lowest BCUT2D eigenvalue weighted by Gasteiger charge is -2.15. The van der Waals surface area contributed by atoms with Crippen molar-refractivity contribution in [2.24, 2.45) is 0 Å². The van der Waals surface area contributed by atoms with Crippen LogP contribution in [-0.4, -0.2) is 14.1 Å². The van der Waals surface area contributed by atoms with E-state index in [2.05, 4.69) is 137 Å². The van der Waals surface area contributed by atoms with Crippen molar-refractivity contribution in [3.05, 3.63) is 150 Å². The summed E-state index contributed by atoms with van der Waals surface area (Å²) in [6, 6.07) is 37.6. The maximum Gasteiger partial charge on any atom is 0.0537 e. The molecule has 44 heavy (non-hydrogen) atoms. The van der Waals surface area contributed by atoms with Gasteiger partial charge in [0.2, 0.25) is 0 Å². The SMILES string of the molecule is C1=Cc2c(c3ccccc3n2-c2cccc(-c3cncc(-c4cccc(-n5c6c(c7ccccc75)C=CCC6)c4)c3)c2)CC1. The van der Waals surface area contributed by atoms with Crippen molar-refractivity contribution in [2.75, 3.05) is 0 Å². The minimum absolute atomic E-state index is 1.05. The molecule has 3 heterocycles. The van der Waals surface area contributed by atoms with E-state index in [1.54, 1.807) is 0 Å². The Morgan fingerprint density at radius 2 is 1.16 bits per heavy atom. The number of aryl methyl sites for hydroxylation is 1. The molecule has 0 amide bonds. The van der Waals surface area contributed by atoms with Crippen molar-refractivity contribution in [3.8, 4) is 33.6 Å². The number of aromatic nitrogens is 3. The van der Waals surface area contributed by atoms with Crippen LogP contribution < -0.4 is 0 Å². The van der Waals surface area contributed by atoms with Gasteiger partial charge in [-0.1, -0.05) is 78.9 Å². The zero-order chi connectivity index (χ0) is 29.0. The number of para-hydroxylation sites is 2. The van der Waals surface area contributed by atoms with E-state index in [0.717, 1.165) is 42.4 Å². The summed E-state index contributed by atoms with van der Waals surface area (Å²) in [5, 5.41) is 2.67. The van der Waals surface area contributed by atoms with Crippen LogP contribution in [0.3, 0.4) is 0 Å². The first-order chi connectivity index (χ1) is 21.8. The predicted molar refractivity (Wildman–Crippen MR) is 183 cm³/mol. The summed E-state index contributed by atoms with van der Waals surface area (Å²) in [6.45, 7) is 0. The monoisotopic (exact) mass is 565 g/mol. The molecular formula is C41H31N3. The second-order valence-corrected chi connectivity index (χ2v) is 11.9. The molecule has 0 radical (unpaired) electrons. The summed E-state index contributed by atoms with van der Waals surface area (Å²) in [4.78, 5) is 4.73. The third-order valence-electron chi connectivity index (χ3n) is 9.32. The fourth-order valence-electron chi connectivity index (χ4n) is 7.34. The van der Waals surface area contributed by atoms with E-state index >= 15 is 0 Å². The highest BCUT2D eigenvalue weighted by Gasteiger charge is 2.20. The summed E-state index contributed by atoms with van der Waals surface area (Å²) in [5.74, 6) is 0. The van der Waals surface area contributed by atoms with Gasteiger partial charge in [-0.2, -0.15) is 0 Å². The van der Waals surface area contributed by atoms with Crippen molar-refractivity contribution in [1.29, 1.82) is 0 Å². The van der Waals surface area contributed by atoms with Gasteiger partial charge in [-0.05, 0) is 90.9 Å². The van der Waals surface area contributed by atoms with E-state index in [9.17, 15) is 0 Å². The van der Waals surface area contributed by atoms with Crippen LogP contribution in [0.25, 0.3) is 67.6 Å². The number of rotatable bonds is 4. The molecule has 210 valence electrons. The van der Waals surface area contributed by atoms with Gasteiger partial charge in [0.15, 0.2) is 0 Å². The molecule has 3 nitrogen and oxygen atoms in total. The normalized spacial score (nSPS) is 13.8. The van der Waals surface area contributed by atoms with Crippen LogP contribution in [0.4, 0.5) is 0 Å². The number of allylic oxidation sites excluding steroid dienone is 2. The summed E-state index contributed by atoms with van der Waals surface area (Å²) in [5.41, 5.74) is 15.0. The molecular weight excluding hydrogens is 534 g/mol.